The number of hydrogen-bond donors (Lipinski definition) is 1. The van der Waals surface area contributed by atoms with E-state index in [1.165, 1.54) is 25.0 Å². The van der Waals surface area contributed by atoms with Crippen molar-refractivity contribution in [3.05, 3.63) is 12.2 Å². The molecule has 0 aromatic rings. The number of hydrogen-bond acceptors (Lipinski definition) is 2. The molecular formula is C13H26N2. The van der Waals surface area contributed by atoms with Gasteiger partial charge in [0.15, 0.2) is 0 Å². The third-order valence-electron chi connectivity index (χ3n) is 3.25. The molecule has 1 N–H and O–H groups in total. The summed E-state index contributed by atoms with van der Waals surface area (Å²) in [5.41, 5.74) is 1.68. The van der Waals surface area contributed by atoms with E-state index in [0.29, 0.717) is 11.6 Å². The lowest BCUT2D eigenvalue weighted by molar-refractivity contribution is 0.189. The Bertz CT molecular complexity index is 219. The highest BCUT2D eigenvalue weighted by atomic mass is 15.2. The predicted molar refractivity (Wildman–Crippen MR) is 67.2 cm³/mol. The van der Waals surface area contributed by atoms with E-state index in [9.17, 15) is 0 Å². The monoisotopic (exact) mass is 210 g/mol. The number of nitrogens with one attached hydrogen (secondary N) is 1. The van der Waals surface area contributed by atoms with Crippen LogP contribution in [-0.2, 0) is 0 Å². The van der Waals surface area contributed by atoms with E-state index in [2.05, 4.69) is 44.5 Å². The van der Waals surface area contributed by atoms with Gasteiger partial charge in [-0.05, 0) is 38.8 Å². The zero-order valence-electron chi connectivity index (χ0n) is 10.8. The van der Waals surface area contributed by atoms with Gasteiger partial charge in [-0.3, -0.25) is 4.90 Å². The van der Waals surface area contributed by atoms with Crippen LogP contribution in [0.3, 0.4) is 0 Å². The summed E-state index contributed by atoms with van der Waals surface area (Å²) in [6.45, 7) is 16.4. The fraction of sp³-hybridized carbons (Fsp3) is 0.846. The molecule has 1 rings (SSSR count). The van der Waals surface area contributed by atoms with Crippen molar-refractivity contribution in [1.29, 1.82) is 0 Å². The van der Waals surface area contributed by atoms with Gasteiger partial charge in [-0.1, -0.05) is 20.4 Å². The Labute approximate surface area is 94.7 Å². The van der Waals surface area contributed by atoms with E-state index >= 15 is 0 Å². The molecule has 0 bridgehead atoms. The zero-order chi connectivity index (χ0) is 11.5. The third-order valence-corrected chi connectivity index (χ3v) is 3.25. The molecule has 0 aliphatic carbocycles. The van der Waals surface area contributed by atoms with Crippen LogP contribution in [0.1, 0.15) is 40.5 Å². The second-order valence-electron chi connectivity index (χ2n) is 5.62. The van der Waals surface area contributed by atoms with Gasteiger partial charge < -0.3 is 5.32 Å². The Morgan fingerprint density at radius 2 is 2.13 bits per heavy atom. The minimum atomic E-state index is 0.376. The van der Waals surface area contributed by atoms with Crippen molar-refractivity contribution in [1.82, 2.24) is 10.2 Å². The van der Waals surface area contributed by atoms with E-state index in [0.717, 1.165) is 13.1 Å². The molecule has 0 amide bonds. The van der Waals surface area contributed by atoms with Crippen molar-refractivity contribution in [2.24, 2.45) is 0 Å². The summed E-state index contributed by atoms with van der Waals surface area (Å²) in [5, 5.41) is 3.42. The van der Waals surface area contributed by atoms with Gasteiger partial charge in [-0.25, -0.2) is 0 Å². The van der Waals surface area contributed by atoms with Crippen LogP contribution in [0.5, 0.6) is 0 Å². The van der Waals surface area contributed by atoms with Gasteiger partial charge in [0.05, 0.1) is 0 Å². The SMILES string of the molecule is C=C(CNC(C)C)CN1CCCC1(C)C. The first kappa shape index (κ1) is 12.7. The summed E-state index contributed by atoms with van der Waals surface area (Å²) >= 11 is 0. The Hall–Kier alpha value is -0.340. The summed E-state index contributed by atoms with van der Waals surface area (Å²) in [4.78, 5) is 2.55. The van der Waals surface area contributed by atoms with Crippen molar-refractivity contribution in [2.75, 3.05) is 19.6 Å². The average molecular weight is 210 g/mol. The van der Waals surface area contributed by atoms with Crippen LogP contribution in [0.15, 0.2) is 12.2 Å². The number of nitrogens with zero attached hydrogens (tertiary/aromatic N) is 1. The van der Waals surface area contributed by atoms with Crippen molar-refractivity contribution >= 4 is 0 Å². The molecule has 0 saturated carbocycles. The van der Waals surface area contributed by atoms with Gasteiger partial charge in [0.1, 0.15) is 0 Å². The van der Waals surface area contributed by atoms with Crippen LogP contribution in [-0.4, -0.2) is 36.1 Å². The topological polar surface area (TPSA) is 15.3 Å². The van der Waals surface area contributed by atoms with Gasteiger partial charge >= 0.3 is 0 Å². The molecule has 2 nitrogen and oxygen atoms in total. The quantitative estimate of drug-likeness (QED) is 0.701. The molecule has 1 fully saturated rings. The van der Waals surface area contributed by atoms with E-state index in [-0.39, 0.29) is 0 Å². The average Bonchev–Trinajstić information content (AvgIpc) is 2.43. The molecule has 0 aromatic heterocycles. The first-order valence-electron chi connectivity index (χ1n) is 6.07. The lowest BCUT2D eigenvalue weighted by atomic mass is 10.0. The van der Waals surface area contributed by atoms with E-state index in [1.807, 2.05) is 0 Å². The first-order chi connectivity index (χ1) is 6.92. The second-order valence-corrected chi connectivity index (χ2v) is 5.62. The fourth-order valence-corrected chi connectivity index (χ4v) is 2.13. The normalized spacial score (nSPS) is 21.1. The van der Waals surface area contributed by atoms with Crippen LogP contribution < -0.4 is 5.32 Å². The minimum Gasteiger partial charge on any atom is -0.311 e. The van der Waals surface area contributed by atoms with Crippen LogP contribution in [0.4, 0.5) is 0 Å². The van der Waals surface area contributed by atoms with Crippen LogP contribution in [0, 0.1) is 0 Å². The van der Waals surface area contributed by atoms with Gasteiger partial charge in [-0.15, -0.1) is 0 Å². The number of rotatable bonds is 5. The van der Waals surface area contributed by atoms with Crippen molar-refractivity contribution in [3.8, 4) is 0 Å². The summed E-state index contributed by atoms with van der Waals surface area (Å²) < 4.78 is 0. The molecule has 1 aliphatic heterocycles. The van der Waals surface area contributed by atoms with Crippen molar-refractivity contribution < 1.29 is 0 Å². The lowest BCUT2D eigenvalue weighted by Crippen LogP contribution is -2.40. The highest BCUT2D eigenvalue weighted by molar-refractivity contribution is 5.03. The minimum absolute atomic E-state index is 0.376. The maximum atomic E-state index is 4.15. The van der Waals surface area contributed by atoms with Crippen LogP contribution in [0.25, 0.3) is 0 Å². The Morgan fingerprint density at radius 3 is 2.60 bits per heavy atom. The Balaban J connectivity index is 2.32. The van der Waals surface area contributed by atoms with Gasteiger partial charge in [0.2, 0.25) is 0 Å². The van der Waals surface area contributed by atoms with E-state index in [4.69, 9.17) is 0 Å². The standard InChI is InChI=1S/C13H26N2/c1-11(2)14-9-12(3)10-15-8-6-7-13(15,4)5/h11,14H,3,6-10H2,1-2,4-5H3. The Kier molecular flexibility index (Phi) is 4.35. The van der Waals surface area contributed by atoms with Crippen LogP contribution in [0.2, 0.25) is 0 Å². The molecule has 0 aromatic carbocycles. The smallest absolute Gasteiger partial charge is 0.0208 e. The maximum Gasteiger partial charge on any atom is 0.0208 e. The highest BCUT2D eigenvalue weighted by Gasteiger charge is 2.31. The molecule has 1 saturated heterocycles. The van der Waals surface area contributed by atoms with E-state index in [1.54, 1.807) is 0 Å². The first-order valence-corrected chi connectivity index (χ1v) is 6.07. The molecule has 88 valence electrons. The summed E-state index contributed by atoms with van der Waals surface area (Å²) in [5.74, 6) is 0. The Morgan fingerprint density at radius 1 is 1.47 bits per heavy atom. The lowest BCUT2D eigenvalue weighted by Gasteiger charge is -2.32. The highest BCUT2D eigenvalue weighted by Crippen LogP contribution is 2.28. The molecule has 0 unspecified atom stereocenters. The summed E-state index contributed by atoms with van der Waals surface area (Å²) in [7, 11) is 0. The van der Waals surface area contributed by atoms with E-state index < -0.39 is 0 Å². The third kappa shape index (κ3) is 3.96. The second kappa shape index (κ2) is 5.13. The van der Waals surface area contributed by atoms with Crippen molar-refractivity contribution in [3.63, 3.8) is 0 Å². The molecule has 0 spiro atoms. The molecule has 0 radical (unpaired) electrons. The fourth-order valence-electron chi connectivity index (χ4n) is 2.13. The zero-order valence-corrected chi connectivity index (χ0v) is 10.8. The van der Waals surface area contributed by atoms with Gasteiger partial charge in [0.25, 0.3) is 0 Å². The van der Waals surface area contributed by atoms with Gasteiger partial charge in [-0.2, -0.15) is 0 Å². The molecule has 15 heavy (non-hydrogen) atoms. The molecule has 1 heterocycles. The van der Waals surface area contributed by atoms with Crippen molar-refractivity contribution in [2.45, 2.75) is 52.1 Å². The molecule has 1 aliphatic rings. The predicted octanol–water partition coefficient (Wildman–Crippen LogP) is 2.42. The molecule has 0 atom stereocenters. The molecule has 2 heteroatoms. The maximum absolute atomic E-state index is 4.15. The summed E-state index contributed by atoms with van der Waals surface area (Å²) in [6, 6.07) is 0.549. The number of likely N-dealkylation sites (tertiary alicyclic amines) is 1. The molecular weight excluding hydrogens is 184 g/mol. The summed E-state index contributed by atoms with van der Waals surface area (Å²) in [6.07, 6.45) is 2.65. The van der Waals surface area contributed by atoms with Gasteiger partial charge in [0, 0.05) is 24.7 Å². The largest absolute Gasteiger partial charge is 0.311 e. The van der Waals surface area contributed by atoms with Crippen LogP contribution >= 0.6 is 0 Å².